The van der Waals surface area contributed by atoms with Gasteiger partial charge in [0, 0.05) is 17.6 Å². The van der Waals surface area contributed by atoms with Gasteiger partial charge in [-0.3, -0.25) is 4.98 Å². The number of anilines is 1. The van der Waals surface area contributed by atoms with Crippen LogP contribution in [0.5, 0.6) is 0 Å². The molecule has 0 fully saturated rings. The highest BCUT2D eigenvalue weighted by Crippen LogP contribution is 2.22. The van der Waals surface area contributed by atoms with Crippen molar-refractivity contribution < 1.29 is 4.79 Å². The zero-order valence-corrected chi connectivity index (χ0v) is 15.8. The molecule has 0 aliphatic rings. The lowest BCUT2D eigenvalue weighted by Gasteiger charge is -2.19. The van der Waals surface area contributed by atoms with E-state index < -0.39 is 0 Å². The Hall–Kier alpha value is -3.14. The Bertz CT molecular complexity index is 876. The molecule has 0 aliphatic heterocycles. The molecule has 0 aliphatic carbocycles. The molecule has 0 saturated heterocycles. The van der Waals surface area contributed by atoms with Crippen LogP contribution in [-0.2, 0) is 0 Å². The van der Waals surface area contributed by atoms with Crippen LogP contribution in [0.4, 0.5) is 10.5 Å². The van der Waals surface area contributed by atoms with Crippen molar-refractivity contribution in [3.63, 3.8) is 0 Å². The van der Waals surface area contributed by atoms with E-state index in [1.807, 2.05) is 79.9 Å². The van der Waals surface area contributed by atoms with E-state index in [0.29, 0.717) is 0 Å². The van der Waals surface area contributed by atoms with Crippen LogP contribution < -0.4 is 10.6 Å². The van der Waals surface area contributed by atoms with E-state index in [1.54, 1.807) is 0 Å². The molecule has 27 heavy (non-hydrogen) atoms. The maximum absolute atomic E-state index is 12.4. The predicted molar refractivity (Wildman–Crippen MR) is 111 cm³/mol. The van der Waals surface area contributed by atoms with Gasteiger partial charge in [0.05, 0.1) is 6.04 Å². The number of aromatic nitrogens is 1. The topological polar surface area (TPSA) is 54.0 Å². The van der Waals surface area contributed by atoms with Crippen LogP contribution in [-0.4, -0.2) is 11.0 Å². The standard InChI is InChI=1S/C23H25N3O/c1-3-7-22(19-8-5-4-6-9-19)26-23(27)25-21-12-10-18(11-13-21)20-14-15-24-17(2)16-20/h4-6,8-16,22H,3,7H2,1-2H3,(H2,25,26,27)/t22-/m1/s1. The van der Waals surface area contributed by atoms with Gasteiger partial charge in [-0.25, -0.2) is 4.79 Å². The Kier molecular flexibility index (Phi) is 6.21. The fourth-order valence-corrected chi connectivity index (χ4v) is 3.09. The van der Waals surface area contributed by atoms with E-state index in [9.17, 15) is 4.79 Å². The molecule has 0 saturated carbocycles. The van der Waals surface area contributed by atoms with Crippen molar-refractivity contribution in [2.24, 2.45) is 0 Å². The molecule has 1 aromatic heterocycles. The first-order valence-corrected chi connectivity index (χ1v) is 9.31. The average Bonchev–Trinajstić information content (AvgIpc) is 2.69. The number of aryl methyl sites for hydroxylation is 1. The van der Waals surface area contributed by atoms with Gasteiger partial charge in [-0.05, 0) is 54.3 Å². The Morgan fingerprint density at radius 1 is 1.00 bits per heavy atom. The molecule has 0 spiro atoms. The number of carbonyl (C=O) groups excluding carboxylic acids is 1. The van der Waals surface area contributed by atoms with Gasteiger partial charge in [0.2, 0.25) is 0 Å². The van der Waals surface area contributed by atoms with Crippen LogP contribution >= 0.6 is 0 Å². The minimum Gasteiger partial charge on any atom is -0.331 e. The molecule has 138 valence electrons. The molecule has 1 atom stereocenters. The lowest BCUT2D eigenvalue weighted by atomic mass is 10.0. The summed E-state index contributed by atoms with van der Waals surface area (Å²) >= 11 is 0. The van der Waals surface area contributed by atoms with Gasteiger partial charge in [0.25, 0.3) is 0 Å². The fraction of sp³-hybridized carbons (Fsp3) is 0.217. The quantitative estimate of drug-likeness (QED) is 0.591. The third kappa shape index (κ3) is 5.17. The monoisotopic (exact) mass is 359 g/mol. The van der Waals surface area contributed by atoms with Crippen LogP contribution in [0, 0.1) is 6.92 Å². The van der Waals surface area contributed by atoms with Crippen LogP contribution in [0.1, 0.15) is 37.1 Å². The minimum atomic E-state index is -0.190. The number of rotatable bonds is 6. The molecule has 0 bridgehead atoms. The normalized spacial score (nSPS) is 11.6. The van der Waals surface area contributed by atoms with E-state index >= 15 is 0 Å². The number of nitrogens with one attached hydrogen (secondary N) is 2. The molecule has 4 heteroatoms. The summed E-state index contributed by atoms with van der Waals surface area (Å²) < 4.78 is 0. The molecule has 2 amide bonds. The maximum Gasteiger partial charge on any atom is 0.319 e. The second kappa shape index (κ2) is 8.99. The lowest BCUT2D eigenvalue weighted by Crippen LogP contribution is -2.32. The van der Waals surface area contributed by atoms with Gasteiger partial charge in [-0.15, -0.1) is 0 Å². The van der Waals surface area contributed by atoms with Gasteiger partial charge in [-0.1, -0.05) is 55.8 Å². The van der Waals surface area contributed by atoms with Crippen molar-refractivity contribution in [3.8, 4) is 11.1 Å². The highest BCUT2D eigenvalue weighted by atomic mass is 16.2. The van der Waals surface area contributed by atoms with E-state index in [1.165, 1.54) is 0 Å². The number of hydrogen-bond donors (Lipinski definition) is 2. The fourth-order valence-electron chi connectivity index (χ4n) is 3.09. The summed E-state index contributed by atoms with van der Waals surface area (Å²) in [6.45, 7) is 4.10. The predicted octanol–water partition coefficient (Wildman–Crippen LogP) is 5.72. The SMILES string of the molecule is CCC[C@@H](NC(=O)Nc1ccc(-c2ccnc(C)c2)cc1)c1ccccc1. The van der Waals surface area contributed by atoms with Crippen LogP contribution in [0.2, 0.25) is 0 Å². The Balaban J connectivity index is 1.65. The van der Waals surface area contributed by atoms with Crippen molar-refractivity contribution in [3.05, 3.63) is 84.2 Å². The average molecular weight is 359 g/mol. The molecular formula is C23H25N3O. The van der Waals surface area contributed by atoms with Crippen molar-refractivity contribution in [1.82, 2.24) is 10.3 Å². The first-order valence-electron chi connectivity index (χ1n) is 9.31. The van der Waals surface area contributed by atoms with E-state index in [2.05, 4.69) is 22.5 Å². The van der Waals surface area contributed by atoms with Crippen LogP contribution in [0.3, 0.4) is 0 Å². The Morgan fingerprint density at radius 2 is 1.74 bits per heavy atom. The highest BCUT2D eigenvalue weighted by molar-refractivity contribution is 5.89. The molecule has 0 unspecified atom stereocenters. The van der Waals surface area contributed by atoms with Gasteiger partial charge in [-0.2, -0.15) is 0 Å². The molecule has 3 rings (SSSR count). The van der Waals surface area contributed by atoms with Gasteiger partial charge in [0.1, 0.15) is 0 Å². The number of urea groups is 1. The third-order valence-electron chi connectivity index (χ3n) is 4.46. The molecule has 1 heterocycles. The van der Waals surface area contributed by atoms with E-state index in [-0.39, 0.29) is 12.1 Å². The second-order valence-corrected chi connectivity index (χ2v) is 6.61. The molecule has 2 aromatic carbocycles. The Labute approximate surface area is 160 Å². The van der Waals surface area contributed by atoms with Crippen LogP contribution in [0.25, 0.3) is 11.1 Å². The first kappa shape index (κ1) is 18.6. The number of pyridine rings is 1. The Morgan fingerprint density at radius 3 is 2.41 bits per heavy atom. The van der Waals surface area contributed by atoms with Gasteiger partial charge >= 0.3 is 6.03 Å². The van der Waals surface area contributed by atoms with Crippen molar-refractivity contribution in [1.29, 1.82) is 0 Å². The van der Waals surface area contributed by atoms with Crippen molar-refractivity contribution in [2.75, 3.05) is 5.32 Å². The summed E-state index contributed by atoms with van der Waals surface area (Å²) in [6.07, 6.45) is 3.71. The number of nitrogens with zero attached hydrogens (tertiary/aromatic N) is 1. The van der Waals surface area contributed by atoms with E-state index in [4.69, 9.17) is 0 Å². The third-order valence-corrected chi connectivity index (χ3v) is 4.46. The summed E-state index contributed by atoms with van der Waals surface area (Å²) in [5, 5.41) is 6.01. The lowest BCUT2D eigenvalue weighted by molar-refractivity contribution is 0.248. The zero-order valence-electron chi connectivity index (χ0n) is 15.8. The van der Waals surface area contributed by atoms with E-state index in [0.717, 1.165) is 40.9 Å². The number of hydrogen-bond acceptors (Lipinski definition) is 2. The summed E-state index contributed by atoms with van der Waals surface area (Å²) in [5.41, 5.74) is 5.09. The van der Waals surface area contributed by atoms with Crippen molar-refractivity contribution >= 4 is 11.7 Å². The second-order valence-electron chi connectivity index (χ2n) is 6.61. The van der Waals surface area contributed by atoms with Crippen LogP contribution in [0.15, 0.2) is 72.9 Å². The number of benzene rings is 2. The molecule has 3 aromatic rings. The maximum atomic E-state index is 12.4. The minimum absolute atomic E-state index is 0.00951. The summed E-state index contributed by atoms with van der Waals surface area (Å²) in [4.78, 5) is 16.7. The smallest absolute Gasteiger partial charge is 0.319 e. The zero-order chi connectivity index (χ0) is 19.1. The van der Waals surface area contributed by atoms with Gasteiger partial charge < -0.3 is 10.6 Å². The largest absolute Gasteiger partial charge is 0.331 e. The van der Waals surface area contributed by atoms with Crippen molar-refractivity contribution in [2.45, 2.75) is 32.7 Å². The summed E-state index contributed by atoms with van der Waals surface area (Å²) in [7, 11) is 0. The molecule has 0 radical (unpaired) electrons. The molecule has 2 N–H and O–H groups in total. The summed E-state index contributed by atoms with van der Waals surface area (Å²) in [5.74, 6) is 0. The molecule has 4 nitrogen and oxygen atoms in total. The number of amides is 2. The highest BCUT2D eigenvalue weighted by Gasteiger charge is 2.13. The summed E-state index contributed by atoms with van der Waals surface area (Å²) in [6, 6.07) is 21.8. The first-order chi connectivity index (χ1) is 13.2. The molecular weight excluding hydrogens is 334 g/mol. The van der Waals surface area contributed by atoms with Gasteiger partial charge in [0.15, 0.2) is 0 Å². The number of carbonyl (C=O) groups is 1.